The fourth-order valence-electron chi connectivity index (χ4n) is 2.39. The summed E-state index contributed by atoms with van der Waals surface area (Å²) in [6.45, 7) is 5.01. The van der Waals surface area contributed by atoms with E-state index in [0.29, 0.717) is 25.6 Å². The van der Waals surface area contributed by atoms with E-state index in [1.165, 1.54) is 4.31 Å². The lowest BCUT2D eigenvalue weighted by atomic mass is 10.2. The first-order chi connectivity index (χ1) is 10.6. The van der Waals surface area contributed by atoms with Crippen LogP contribution in [0.15, 0.2) is 41.9 Å². The predicted molar refractivity (Wildman–Crippen MR) is 90.8 cm³/mol. The molecule has 1 heterocycles. The molecule has 0 aliphatic carbocycles. The second-order valence-corrected chi connectivity index (χ2v) is 6.95. The normalized spacial score (nSPS) is 14.6. The number of sulfonamides is 1. The van der Waals surface area contributed by atoms with Gasteiger partial charge < -0.3 is 10.6 Å². The van der Waals surface area contributed by atoms with E-state index >= 15 is 0 Å². The maximum atomic E-state index is 12.5. The summed E-state index contributed by atoms with van der Waals surface area (Å²) in [6, 6.07) is 7.64. The van der Waals surface area contributed by atoms with E-state index in [0.717, 1.165) is 17.7 Å². The third-order valence-corrected chi connectivity index (χ3v) is 5.24. The third-order valence-electron chi connectivity index (χ3n) is 3.47. The molecule has 0 fully saturated rings. The van der Waals surface area contributed by atoms with Gasteiger partial charge in [-0.3, -0.25) is 9.30 Å². The quantitative estimate of drug-likeness (QED) is 0.460. The molecule has 1 aromatic rings. The minimum absolute atomic E-state index is 0.0239. The fraction of sp³-hybridized carbons (Fsp3) is 0.400. The van der Waals surface area contributed by atoms with Crippen molar-refractivity contribution in [2.45, 2.75) is 6.42 Å². The number of nitrogens with one attached hydrogen (secondary N) is 2. The average molecular weight is 322 g/mol. The van der Waals surface area contributed by atoms with E-state index in [9.17, 15) is 8.42 Å². The SMILES string of the molecule is C=CCNC(=NC)NCCS(=O)(=O)N1CCc2ccccc21. The van der Waals surface area contributed by atoms with Gasteiger partial charge in [0.05, 0.1) is 11.4 Å². The monoisotopic (exact) mass is 322 g/mol. The predicted octanol–water partition coefficient (Wildman–Crippen LogP) is 0.730. The molecule has 1 aliphatic rings. The molecule has 0 saturated carbocycles. The number of fused-ring (bicyclic) bond motifs is 1. The van der Waals surface area contributed by atoms with Crippen LogP contribution in [0.2, 0.25) is 0 Å². The lowest BCUT2D eigenvalue weighted by Crippen LogP contribution is -2.41. The maximum absolute atomic E-state index is 12.5. The Bertz CT molecular complexity index is 655. The van der Waals surface area contributed by atoms with Gasteiger partial charge in [0, 0.05) is 26.7 Å². The summed E-state index contributed by atoms with van der Waals surface area (Å²) in [5.74, 6) is 0.591. The number of guanidine groups is 1. The molecule has 0 aromatic heterocycles. The molecule has 0 spiro atoms. The van der Waals surface area contributed by atoms with Crippen molar-refractivity contribution in [2.24, 2.45) is 4.99 Å². The van der Waals surface area contributed by atoms with Gasteiger partial charge in [-0.05, 0) is 18.1 Å². The zero-order valence-corrected chi connectivity index (χ0v) is 13.6. The van der Waals surface area contributed by atoms with Crippen LogP contribution in [0.1, 0.15) is 5.56 Å². The first-order valence-electron chi connectivity index (χ1n) is 7.22. The first-order valence-corrected chi connectivity index (χ1v) is 8.83. The Kier molecular flexibility index (Phi) is 5.43. The first kappa shape index (κ1) is 16.4. The molecule has 1 aromatic carbocycles. The summed E-state index contributed by atoms with van der Waals surface area (Å²) in [7, 11) is -1.69. The smallest absolute Gasteiger partial charge is 0.236 e. The Labute approximate surface area is 132 Å². The minimum Gasteiger partial charge on any atom is -0.355 e. The second kappa shape index (κ2) is 7.31. The molecule has 0 radical (unpaired) electrons. The Morgan fingerprint density at radius 1 is 1.41 bits per heavy atom. The van der Waals surface area contributed by atoms with E-state index < -0.39 is 10.0 Å². The standard InChI is InChI=1S/C15H22N4O2S/c1-3-9-17-15(16-2)18-10-12-22(20,21)19-11-8-13-6-4-5-7-14(13)19/h3-7H,1,8-12H2,2H3,(H2,16,17,18). The average Bonchev–Trinajstić information content (AvgIpc) is 2.95. The fourth-order valence-corrected chi connectivity index (χ4v) is 3.82. The van der Waals surface area contributed by atoms with Crippen molar-refractivity contribution >= 4 is 21.7 Å². The van der Waals surface area contributed by atoms with Gasteiger partial charge in [-0.25, -0.2) is 8.42 Å². The van der Waals surface area contributed by atoms with Gasteiger partial charge in [-0.2, -0.15) is 0 Å². The van der Waals surface area contributed by atoms with Crippen molar-refractivity contribution in [3.05, 3.63) is 42.5 Å². The number of aliphatic imine (C=N–C) groups is 1. The van der Waals surface area contributed by atoms with E-state index in [-0.39, 0.29) is 5.75 Å². The van der Waals surface area contributed by atoms with Gasteiger partial charge >= 0.3 is 0 Å². The van der Waals surface area contributed by atoms with Gasteiger partial charge in [-0.1, -0.05) is 24.3 Å². The molecule has 1 aliphatic heterocycles. The van der Waals surface area contributed by atoms with Crippen molar-refractivity contribution in [2.75, 3.05) is 36.7 Å². The van der Waals surface area contributed by atoms with E-state index in [1.807, 2.05) is 24.3 Å². The van der Waals surface area contributed by atoms with Crippen LogP contribution in [0.3, 0.4) is 0 Å². The van der Waals surface area contributed by atoms with Gasteiger partial charge in [0.15, 0.2) is 5.96 Å². The number of hydrogen-bond acceptors (Lipinski definition) is 3. The molecule has 22 heavy (non-hydrogen) atoms. The van der Waals surface area contributed by atoms with Crippen LogP contribution < -0.4 is 14.9 Å². The lowest BCUT2D eigenvalue weighted by molar-refractivity contribution is 0.591. The Morgan fingerprint density at radius 3 is 2.91 bits per heavy atom. The van der Waals surface area contributed by atoms with Gasteiger partial charge in [0.25, 0.3) is 0 Å². The largest absolute Gasteiger partial charge is 0.355 e. The summed E-state index contributed by atoms with van der Waals surface area (Å²) in [6.07, 6.45) is 2.48. The van der Waals surface area contributed by atoms with Crippen molar-refractivity contribution in [1.29, 1.82) is 0 Å². The summed E-state index contributed by atoms with van der Waals surface area (Å²) < 4.78 is 26.5. The molecule has 6 nitrogen and oxygen atoms in total. The molecular formula is C15H22N4O2S. The number of para-hydroxylation sites is 1. The highest BCUT2D eigenvalue weighted by Crippen LogP contribution is 2.29. The lowest BCUT2D eigenvalue weighted by Gasteiger charge is -2.20. The molecular weight excluding hydrogens is 300 g/mol. The summed E-state index contributed by atoms with van der Waals surface area (Å²) in [5.41, 5.74) is 1.89. The molecule has 2 rings (SSSR count). The second-order valence-electron chi connectivity index (χ2n) is 4.94. The summed E-state index contributed by atoms with van der Waals surface area (Å²) in [5, 5.41) is 6.00. The van der Waals surface area contributed by atoms with Crippen LogP contribution in [0.25, 0.3) is 0 Å². The number of nitrogens with zero attached hydrogens (tertiary/aromatic N) is 2. The van der Waals surface area contributed by atoms with Crippen LogP contribution in [0, 0.1) is 0 Å². The van der Waals surface area contributed by atoms with E-state index in [2.05, 4.69) is 22.2 Å². The van der Waals surface area contributed by atoms with Gasteiger partial charge in [-0.15, -0.1) is 6.58 Å². The maximum Gasteiger partial charge on any atom is 0.236 e. The zero-order chi connectivity index (χ0) is 16.0. The minimum atomic E-state index is -3.33. The van der Waals surface area contributed by atoms with Crippen molar-refractivity contribution < 1.29 is 8.42 Å². The molecule has 120 valence electrons. The van der Waals surface area contributed by atoms with Crippen molar-refractivity contribution in [3.63, 3.8) is 0 Å². The highest BCUT2D eigenvalue weighted by atomic mass is 32.2. The zero-order valence-electron chi connectivity index (χ0n) is 12.7. The van der Waals surface area contributed by atoms with Gasteiger partial charge in [0.2, 0.25) is 10.0 Å². The molecule has 0 bridgehead atoms. The van der Waals surface area contributed by atoms with Crippen LogP contribution in [-0.4, -0.2) is 46.8 Å². The molecule has 2 N–H and O–H groups in total. The third kappa shape index (κ3) is 3.79. The van der Waals surface area contributed by atoms with Crippen LogP contribution in [-0.2, 0) is 16.4 Å². The van der Waals surface area contributed by atoms with E-state index in [4.69, 9.17) is 0 Å². The Hall–Kier alpha value is -2.02. The van der Waals surface area contributed by atoms with Crippen molar-refractivity contribution in [3.8, 4) is 0 Å². The Balaban J connectivity index is 1.94. The van der Waals surface area contributed by atoms with Crippen LogP contribution in [0.4, 0.5) is 5.69 Å². The molecule has 0 saturated heterocycles. The summed E-state index contributed by atoms with van der Waals surface area (Å²) in [4.78, 5) is 4.02. The number of anilines is 1. The molecule has 7 heteroatoms. The van der Waals surface area contributed by atoms with Crippen LogP contribution in [0.5, 0.6) is 0 Å². The molecule has 0 amide bonds. The number of hydrogen-bond donors (Lipinski definition) is 2. The number of benzene rings is 1. The highest BCUT2D eigenvalue weighted by molar-refractivity contribution is 7.92. The Morgan fingerprint density at radius 2 is 2.18 bits per heavy atom. The van der Waals surface area contributed by atoms with Gasteiger partial charge in [0.1, 0.15) is 0 Å². The highest BCUT2D eigenvalue weighted by Gasteiger charge is 2.28. The van der Waals surface area contributed by atoms with Crippen LogP contribution >= 0.6 is 0 Å². The van der Waals surface area contributed by atoms with E-state index in [1.54, 1.807) is 13.1 Å². The summed E-state index contributed by atoms with van der Waals surface area (Å²) >= 11 is 0. The number of rotatable bonds is 6. The van der Waals surface area contributed by atoms with Crippen molar-refractivity contribution in [1.82, 2.24) is 10.6 Å². The topological polar surface area (TPSA) is 73.8 Å². The molecule has 0 atom stereocenters. The molecule has 0 unspecified atom stereocenters.